The number of amides is 1. The summed E-state index contributed by atoms with van der Waals surface area (Å²) in [5.74, 6) is -11.2. The van der Waals surface area contributed by atoms with E-state index in [4.69, 9.17) is 32.1 Å². The summed E-state index contributed by atoms with van der Waals surface area (Å²) in [5.41, 5.74) is -0.0548. The number of benzene rings is 2. The second-order valence-electron chi connectivity index (χ2n) is 11.0. The van der Waals surface area contributed by atoms with Crippen molar-refractivity contribution >= 4 is 50.7 Å². The average Bonchev–Trinajstić information content (AvgIpc) is 2.95. The van der Waals surface area contributed by atoms with Crippen molar-refractivity contribution in [2.75, 3.05) is 14.1 Å². The lowest BCUT2D eigenvalue weighted by Crippen LogP contribution is -2.68. The molecule has 5 atom stereocenters. The molecule has 5 rings (SSSR count). The lowest BCUT2D eigenvalue weighted by atomic mass is 9.56. The van der Waals surface area contributed by atoms with Crippen molar-refractivity contribution < 1.29 is 67.9 Å². The molecule has 0 saturated carbocycles. The molecule has 0 saturated heterocycles. The van der Waals surface area contributed by atoms with Crippen molar-refractivity contribution in [2.45, 2.75) is 22.6 Å². The number of aromatic hydroxyl groups is 2. The minimum Gasteiger partial charge on any atom is -0.510 e. The van der Waals surface area contributed by atoms with Gasteiger partial charge in [0.05, 0.1) is 34.1 Å². The van der Waals surface area contributed by atoms with Crippen LogP contribution in [0.4, 0.5) is 0 Å². The number of nitrogens with zero attached hydrogens (tertiary/aromatic N) is 1. The van der Waals surface area contributed by atoms with Gasteiger partial charge in [-0.25, -0.2) is 4.79 Å². The zero-order chi connectivity index (χ0) is 35.7. The van der Waals surface area contributed by atoms with Crippen LogP contribution in [0.25, 0.3) is 5.57 Å². The van der Waals surface area contributed by atoms with Crippen molar-refractivity contribution in [1.82, 2.24) is 4.90 Å². The smallest absolute Gasteiger partial charge is 0.339 e. The highest BCUT2D eigenvalue weighted by molar-refractivity contribution is 7.85. The monoisotopic (exact) mass is 694 g/mol. The van der Waals surface area contributed by atoms with Crippen LogP contribution in [0, 0.1) is 11.8 Å². The number of hydrogen-bond donors (Lipinski definition) is 9. The molecule has 47 heavy (non-hydrogen) atoms. The number of rotatable bonds is 4. The molecule has 0 bridgehead atoms. The Labute approximate surface area is 270 Å². The Morgan fingerprint density at radius 3 is 2.11 bits per heavy atom. The highest BCUT2D eigenvalue weighted by Gasteiger charge is 2.67. The Morgan fingerprint density at radius 2 is 1.60 bits per heavy atom. The molecule has 3 aliphatic carbocycles. The van der Waals surface area contributed by atoms with E-state index in [-0.39, 0.29) is 21.7 Å². The lowest BCUT2D eigenvalue weighted by molar-refractivity contribution is -0.159. The predicted molar refractivity (Wildman–Crippen MR) is 160 cm³/mol. The standard InChI is InChI=1S/C22H21ClN2O8.C7H6O6S/c1-6-9-7(23)4-5-8(26)11(9)16(27)12-10(6)17(28)14-15(25(2)3)18(29)13(21(24)32)20(31)22(14,33)19(12)30;8-6-2-1-4(14(11,12)13)3-5(6)7(9)10/h4-5,10,14-15,17,26,28-30,33H,1H2,2-3H3,(H2,24,32);1-3,8H,(H,9,10)(H,11,12,13)/t10-,14+,15+,17+,22+;/m1./s1. The summed E-state index contributed by atoms with van der Waals surface area (Å²) in [4.78, 5) is 49.7. The van der Waals surface area contributed by atoms with Crippen LogP contribution in [0.15, 0.2) is 64.5 Å². The third-order valence-corrected chi connectivity index (χ3v) is 9.33. The van der Waals surface area contributed by atoms with Crippen LogP contribution in [-0.4, -0.2) is 109 Å². The molecule has 0 heterocycles. The molecule has 2 aromatic carbocycles. The first-order valence-corrected chi connectivity index (χ1v) is 15.0. The molecule has 0 unspecified atom stereocenters. The van der Waals surface area contributed by atoms with E-state index >= 15 is 0 Å². The van der Waals surface area contributed by atoms with Crippen LogP contribution in [0.3, 0.4) is 0 Å². The molecule has 0 radical (unpaired) electrons. The number of nitrogens with two attached hydrogens (primary N) is 1. The highest BCUT2D eigenvalue weighted by atomic mass is 35.5. The predicted octanol–water partition coefficient (Wildman–Crippen LogP) is 0.553. The summed E-state index contributed by atoms with van der Waals surface area (Å²) >= 11 is 6.24. The Kier molecular flexibility index (Phi) is 8.80. The van der Waals surface area contributed by atoms with E-state index in [0.717, 1.165) is 18.2 Å². The number of carboxylic acid groups (broad SMARTS) is 1. The summed E-state index contributed by atoms with van der Waals surface area (Å²) in [6.07, 6.45) is -1.75. The number of fused-ring (bicyclic) bond motifs is 3. The number of ketones is 2. The minimum atomic E-state index is -4.45. The van der Waals surface area contributed by atoms with E-state index in [1.54, 1.807) is 0 Å². The second kappa shape index (κ2) is 11.8. The number of carbonyl (C=O) groups excluding carboxylic acids is 3. The molecule has 18 heteroatoms. The summed E-state index contributed by atoms with van der Waals surface area (Å²) in [7, 11) is -1.55. The minimum absolute atomic E-state index is 0.0498. The van der Waals surface area contributed by atoms with Gasteiger partial charge in [-0.15, -0.1) is 0 Å². The molecular weight excluding hydrogens is 668 g/mol. The molecule has 0 aliphatic heterocycles. The normalized spacial score (nSPS) is 25.5. The number of aromatic carboxylic acids is 1. The van der Waals surface area contributed by atoms with Crippen molar-refractivity contribution in [3.05, 3.63) is 81.3 Å². The number of likely N-dealkylation sites (N-methyl/N-ethyl adjacent to an activating group) is 1. The molecular formula is C29H27ClN2O14S. The zero-order valence-corrected chi connectivity index (χ0v) is 25.8. The Balaban J connectivity index is 0.000000300. The fourth-order valence-corrected chi connectivity index (χ4v) is 6.90. The van der Waals surface area contributed by atoms with Crippen molar-refractivity contribution in [3.8, 4) is 11.5 Å². The summed E-state index contributed by atoms with van der Waals surface area (Å²) in [6.45, 7) is 3.89. The molecule has 0 spiro atoms. The largest absolute Gasteiger partial charge is 0.510 e. The maximum Gasteiger partial charge on any atom is 0.339 e. The first-order chi connectivity index (χ1) is 21.6. The van der Waals surface area contributed by atoms with Gasteiger partial charge in [-0.2, -0.15) is 8.42 Å². The molecule has 3 aliphatic rings. The number of aliphatic hydroxyl groups excluding tert-OH is 3. The number of carboxylic acids is 1. The third kappa shape index (κ3) is 5.32. The van der Waals surface area contributed by atoms with Crippen molar-refractivity contribution in [1.29, 1.82) is 0 Å². The maximum atomic E-state index is 13.4. The highest BCUT2D eigenvalue weighted by Crippen LogP contribution is 2.55. The lowest BCUT2D eigenvalue weighted by Gasteiger charge is -2.52. The van der Waals surface area contributed by atoms with Gasteiger partial charge < -0.3 is 41.5 Å². The molecule has 16 nitrogen and oxygen atoms in total. The van der Waals surface area contributed by atoms with Gasteiger partial charge in [0.2, 0.25) is 5.78 Å². The molecule has 2 aromatic rings. The fourth-order valence-electron chi connectivity index (χ4n) is 6.11. The molecule has 0 fully saturated rings. The van der Waals surface area contributed by atoms with E-state index in [1.165, 1.54) is 25.1 Å². The van der Waals surface area contributed by atoms with E-state index in [9.17, 15) is 53.1 Å². The summed E-state index contributed by atoms with van der Waals surface area (Å²) in [5, 5.41) is 72.6. The fraction of sp³-hybridized carbons (Fsp3) is 0.241. The first kappa shape index (κ1) is 35.1. The third-order valence-electron chi connectivity index (χ3n) is 8.17. The Morgan fingerprint density at radius 1 is 1.02 bits per heavy atom. The van der Waals surface area contributed by atoms with Gasteiger partial charge in [-0.05, 0) is 50.0 Å². The number of carbonyl (C=O) groups is 4. The van der Waals surface area contributed by atoms with Crippen LogP contribution in [0.5, 0.6) is 11.5 Å². The van der Waals surface area contributed by atoms with Crippen LogP contribution < -0.4 is 5.73 Å². The van der Waals surface area contributed by atoms with Crippen LogP contribution in [0.2, 0.25) is 5.02 Å². The van der Waals surface area contributed by atoms with Gasteiger partial charge >= 0.3 is 5.97 Å². The van der Waals surface area contributed by atoms with Crippen molar-refractivity contribution in [3.63, 3.8) is 0 Å². The molecule has 10 N–H and O–H groups in total. The van der Waals surface area contributed by atoms with Gasteiger partial charge in [0.15, 0.2) is 11.4 Å². The topological polar surface area (TPSA) is 294 Å². The van der Waals surface area contributed by atoms with E-state index in [1.807, 2.05) is 0 Å². The second-order valence-corrected chi connectivity index (χ2v) is 12.8. The van der Waals surface area contributed by atoms with Gasteiger partial charge in [-0.1, -0.05) is 18.2 Å². The average molecular weight is 695 g/mol. The van der Waals surface area contributed by atoms with E-state index in [0.29, 0.717) is 6.07 Å². The van der Waals surface area contributed by atoms with Crippen LogP contribution in [0.1, 0.15) is 26.3 Å². The zero-order valence-electron chi connectivity index (χ0n) is 24.2. The van der Waals surface area contributed by atoms with Gasteiger partial charge in [0.25, 0.3) is 16.0 Å². The molecule has 0 aromatic heterocycles. The van der Waals surface area contributed by atoms with Crippen LogP contribution in [-0.2, 0) is 19.7 Å². The number of phenols is 2. The van der Waals surface area contributed by atoms with E-state index in [2.05, 4.69) is 6.58 Å². The van der Waals surface area contributed by atoms with Gasteiger partial charge in [0, 0.05) is 16.5 Å². The number of hydrogen-bond acceptors (Lipinski definition) is 13. The summed E-state index contributed by atoms with van der Waals surface area (Å²) in [6, 6.07) is 3.59. The number of primary amides is 1. The number of phenolic OH excluding ortho intramolecular Hbond substituents is 1. The number of Topliss-reactive ketones (excluding diaryl/α,β-unsaturated/α-hetero) is 2. The molecule has 250 valence electrons. The molecule has 1 amide bonds. The SMILES string of the molecule is C=C1c2c(Cl)ccc(O)c2C(=O)C2=C(O)[C@]3(O)C(=O)C(C(N)=O)=C(O)[C@@H](N(C)C)[C@H]3[C@@H](O)[C@H]12.O=C(O)c1cc(S(=O)(=O)O)ccc1O. The maximum absolute atomic E-state index is 13.4. The van der Waals surface area contributed by atoms with Gasteiger partial charge in [0.1, 0.15) is 34.2 Å². The Bertz CT molecular complexity index is 1970. The first-order valence-electron chi connectivity index (χ1n) is 13.2. The van der Waals surface area contributed by atoms with E-state index < -0.39 is 108 Å². The number of aliphatic hydroxyl groups is 4. The van der Waals surface area contributed by atoms with Gasteiger partial charge in [-0.3, -0.25) is 23.8 Å². The Hall–Kier alpha value is -4.78. The van der Waals surface area contributed by atoms with Crippen molar-refractivity contribution in [2.24, 2.45) is 17.6 Å². The number of halogens is 1. The summed E-state index contributed by atoms with van der Waals surface area (Å²) < 4.78 is 29.8. The van der Waals surface area contributed by atoms with Crippen LogP contribution >= 0.6 is 11.6 Å². The quantitative estimate of drug-likeness (QED) is 0.156.